The van der Waals surface area contributed by atoms with Crippen LogP contribution in [0.2, 0.25) is 0 Å². The average molecular weight is 422 g/mol. The van der Waals surface area contributed by atoms with Gasteiger partial charge in [-0.05, 0) is 37.1 Å². The predicted molar refractivity (Wildman–Crippen MR) is 122 cm³/mol. The third-order valence-electron chi connectivity index (χ3n) is 4.92. The Morgan fingerprint density at radius 3 is 2.80 bits per heavy atom. The summed E-state index contributed by atoms with van der Waals surface area (Å²) < 4.78 is 0. The monoisotopic (exact) mass is 421 g/mol. The number of Topliss-reactive ketones (excluding diaryl/α,β-unsaturated/α-hetero) is 1. The molecule has 8 heteroatoms. The lowest BCUT2D eigenvalue weighted by Gasteiger charge is -2.14. The summed E-state index contributed by atoms with van der Waals surface area (Å²) >= 11 is 4.08. The number of hydrogen-bond donors (Lipinski definition) is 5. The molecule has 0 saturated heterocycles. The van der Waals surface area contributed by atoms with Crippen LogP contribution in [0.15, 0.2) is 48.7 Å². The lowest BCUT2D eigenvalue weighted by molar-refractivity contribution is 0.0973. The number of carbonyl (C=O) groups excluding carboxylic acids is 2. The van der Waals surface area contributed by atoms with Crippen molar-refractivity contribution >= 4 is 41.6 Å². The van der Waals surface area contributed by atoms with Crippen molar-refractivity contribution in [3.63, 3.8) is 0 Å². The van der Waals surface area contributed by atoms with Crippen molar-refractivity contribution in [2.45, 2.75) is 19.3 Å². The number of pyridine rings is 1. The highest BCUT2D eigenvalue weighted by Crippen LogP contribution is 2.39. The SMILES string of the molecule is O=C(NCCS)Nc1cc(-c2[nH]c3c(c2Nc2ccccc2)C(=O)CCC3)ccn1. The van der Waals surface area contributed by atoms with Crippen molar-refractivity contribution < 1.29 is 9.59 Å². The maximum atomic E-state index is 12.7. The molecule has 0 atom stereocenters. The van der Waals surface area contributed by atoms with E-state index < -0.39 is 0 Å². The molecule has 4 N–H and O–H groups in total. The zero-order chi connectivity index (χ0) is 20.9. The molecule has 1 aliphatic carbocycles. The summed E-state index contributed by atoms with van der Waals surface area (Å²) in [5, 5.41) is 8.85. The van der Waals surface area contributed by atoms with Crippen LogP contribution in [0.25, 0.3) is 11.3 Å². The first-order valence-corrected chi connectivity index (χ1v) is 10.5. The number of rotatable bonds is 6. The van der Waals surface area contributed by atoms with Gasteiger partial charge in [0.25, 0.3) is 0 Å². The topological polar surface area (TPSA) is 98.9 Å². The van der Waals surface area contributed by atoms with Crippen LogP contribution in [0, 0.1) is 0 Å². The van der Waals surface area contributed by atoms with Gasteiger partial charge in [0.2, 0.25) is 0 Å². The molecule has 0 unspecified atom stereocenters. The number of aromatic nitrogens is 2. The molecule has 3 aromatic rings. The Morgan fingerprint density at radius 2 is 2.00 bits per heavy atom. The normalized spacial score (nSPS) is 12.9. The summed E-state index contributed by atoms with van der Waals surface area (Å²) in [4.78, 5) is 32.3. The number of carbonyl (C=O) groups is 2. The van der Waals surface area contributed by atoms with Crippen LogP contribution in [0.1, 0.15) is 28.9 Å². The summed E-state index contributed by atoms with van der Waals surface area (Å²) in [6.07, 6.45) is 3.84. The van der Waals surface area contributed by atoms with Gasteiger partial charge < -0.3 is 15.6 Å². The van der Waals surface area contributed by atoms with Gasteiger partial charge in [-0.15, -0.1) is 0 Å². The zero-order valence-corrected chi connectivity index (χ0v) is 17.3. The lowest BCUT2D eigenvalue weighted by atomic mass is 9.95. The third kappa shape index (κ3) is 4.33. The van der Waals surface area contributed by atoms with Gasteiger partial charge in [-0.3, -0.25) is 10.1 Å². The van der Waals surface area contributed by atoms with Crippen LogP contribution in [0.4, 0.5) is 22.0 Å². The van der Waals surface area contributed by atoms with Gasteiger partial charge in [-0.25, -0.2) is 9.78 Å². The van der Waals surface area contributed by atoms with Gasteiger partial charge in [-0.1, -0.05) is 18.2 Å². The van der Waals surface area contributed by atoms with Gasteiger partial charge in [0, 0.05) is 41.9 Å². The standard InChI is InChI=1S/C22H23N5O2S/c28-17-8-4-7-16-19(17)21(25-15-5-2-1-3-6-15)20(26-16)14-9-10-23-18(13-14)27-22(29)24-11-12-30/h1-3,5-6,9-10,13,25-26,30H,4,7-8,11-12H2,(H2,23,24,27,29). The van der Waals surface area contributed by atoms with E-state index in [2.05, 4.69) is 38.5 Å². The molecule has 0 fully saturated rings. The highest BCUT2D eigenvalue weighted by molar-refractivity contribution is 7.80. The predicted octanol–water partition coefficient (Wildman–Crippen LogP) is 4.39. The molecule has 0 bridgehead atoms. The molecule has 2 heterocycles. The molecule has 0 spiro atoms. The number of aromatic amines is 1. The smallest absolute Gasteiger partial charge is 0.320 e. The van der Waals surface area contributed by atoms with E-state index in [1.54, 1.807) is 12.3 Å². The van der Waals surface area contributed by atoms with Crippen molar-refractivity contribution in [3.8, 4) is 11.3 Å². The highest BCUT2D eigenvalue weighted by Gasteiger charge is 2.27. The molecule has 0 saturated carbocycles. The molecule has 7 nitrogen and oxygen atoms in total. The molecule has 0 aliphatic heterocycles. The number of para-hydroxylation sites is 1. The molecule has 2 aromatic heterocycles. The molecule has 154 valence electrons. The van der Waals surface area contributed by atoms with E-state index in [9.17, 15) is 9.59 Å². The van der Waals surface area contributed by atoms with Crippen LogP contribution in [0.5, 0.6) is 0 Å². The van der Waals surface area contributed by atoms with Crippen molar-refractivity contribution in [1.82, 2.24) is 15.3 Å². The number of H-pyrrole nitrogens is 1. The Labute approximate surface area is 180 Å². The van der Waals surface area contributed by atoms with Crippen LogP contribution in [0.3, 0.4) is 0 Å². The number of nitrogens with zero attached hydrogens (tertiary/aromatic N) is 1. The number of ketones is 1. The summed E-state index contributed by atoms with van der Waals surface area (Å²) in [6.45, 7) is 0.464. The molecule has 0 radical (unpaired) electrons. The number of benzene rings is 1. The minimum absolute atomic E-state index is 0.135. The number of urea groups is 1. The Morgan fingerprint density at radius 1 is 1.17 bits per heavy atom. The number of thiol groups is 1. The number of nitrogens with one attached hydrogen (secondary N) is 4. The van der Waals surface area contributed by atoms with Crippen LogP contribution in [-0.2, 0) is 6.42 Å². The first-order valence-electron chi connectivity index (χ1n) is 9.88. The first-order chi connectivity index (χ1) is 14.7. The number of hydrogen-bond acceptors (Lipinski definition) is 5. The second kappa shape index (κ2) is 9.04. The number of aryl methyl sites for hydroxylation is 1. The Kier molecular flexibility index (Phi) is 6.04. The average Bonchev–Trinajstić information content (AvgIpc) is 3.13. The highest BCUT2D eigenvalue weighted by atomic mass is 32.1. The van der Waals surface area contributed by atoms with Crippen molar-refractivity contribution in [3.05, 3.63) is 59.9 Å². The van der Waals surface area contributed by atoms with E-state index in [0.717, 1.165) is 46.7 Å². The fourth-order valence-corrected chi connectivity index (χ4v) is 3.70. The van der Waals surface area contributed by atoms with Gasteiger partial charge in [-0.2, -0.15) is 12.6 Å². The third-order valence-corrected chi connectivity index (χ3v) is 5.14. The molecular weight excluding hydrogens is 398 g/mol. The van der Waals surface area contributed by atoms with E-state index in [-0.39, 0.29) is 11.8 Å². The van der Waals surface area contributed by atoms with Gasteiger partial charge in [0.15, 0.2) is 5.78 Å². The molecule has 2 amide bonds. The summed E-state index contributed by atoms with van der Waals surface area (Å²) in [5.41, 5.74) is 4.96. The number of amides is 2. The van der Waals surface area contributed by atoms with Crippen LogP contribution >= 0.6 is 12.6 Å². The van der Waals surface area contributed by atoms with Crippen molar-refractivity contribution in [1.29, 1.82) is 0 Å². The Hall–Kier alpha value is -3.26. The zero-order valence-electron chi connectivity index (χ0n) is 16.4. The van der Waals surface area contributed by atoms with Gasteiger partial charge in [0.05, 0.1) is 16.9 Å². The lowest BCUT2D eigenvalue weighted by Crippen LogP contribution is -2.30. The number of fused-ring (bicyclic) bond motifs is 1. The van der Waals surface area contributed by atoms with E-state index in [1.807, 2.05) is 36.4 Å². The van der Waals surface area contributed by atoms with E-state index in [0.29, 0.717) is 24.5 Å². The van der Waals surface area contributed by atoms with Crippen molar-refractivity contribution in [2.24, 2.45) is 0 Å². The van der Waals surface area contributed by atoms with Gasteiger partial charge >= 0.3 is 6.03 Å². The maximum absolute atomic E-state index is 12.7. The quantitative estimate of drug-likeness (QED) is 0.381. The maximum Gasteiger partial charge on any atom is 0.320 e. The molecule has 1 aromatic carbocycles. The minimum atomic E-state index is -0.336. The molecule has 1 aliphatic rings. The van der Waals surface area contributed by atoms with E-state index >= 15 is 0 Å². The molecule has 4 rings (SSSR count). The largest absolute Gasteiger partial charge is 0.356 e. The minimum Gasteiger partial charge on any atom is -0.356 e. The number of anilines is 3. The molecular formula is C22H23N5O2S. The molecule has 30 heavy (non-hydrogen) atoms. The Balaban J connectivity index is 1.71. The summed E-state index contributed by atoms with van der Waals surface area (Å²) in [5.74, 6) is 1.11. The van der Waals surface area contributed by atoms with E-state index in [4.69, 9.17) is 0 Å². The van der Waals surface area contributed by atoms with Crippen LogP contribution in [-0.4, -0.2) is 34.1 Å². The second-order valence-electron chi connectivity index (χ2n) is 7.03. The summed E-state index contributed by atoms with van der Waals surface area (Å²) in [7, 11) is 0. The van der Waals surface area contributed by atoms with Gasteiger partial charge in [0.1, 0.15) is 5.82 Å². The second-order valence-corrected chi connectivity index (χ2v) is 7.48. The fourth-order valence-electron chi connectivity index (χ4n) is 3.59. The van der Waals surface area contributed by atoms with Crippen LogP contribution < -0.4 is 16.0 Å². The Bertz CT molecular complexity index is 1060. The van der Waals surface area contributed by atoms with Crippen molar-refractivity contribution in [2.75, 3.05) is 22.9 Å². The summed E-state index contributed by atoms with van der Waals surface area (Å²) in [6, 6.07) is 13.1. The fraction of sp³-hybridized carbons (Fsp3) is 0.227. The van der Waals surface area contributed by atoms with E-state index in [1.165, 1.54) is 0 Å². The first kappa shape index (κ1) is 20.0.